The summed E-state index contributed by atoms with van der Waals surface area (Å²) >= 11 is 0. The minimum Gasteiger partial charge on any atom is -0.493 e. The number of carbonyl (C=O) groups is 1. The van der Waals surface area contributed by atoms with E-state index in [1.54, 1.807) is 0 Å². The van der Waals surface area contributed by atoms with Crippen LogP contribution in [0.5, 0.6) is 5.75 Å². The molecule has 1 fully saturated rings. The fourth-order valence-electron chi connectivity index (χ4n) is 2.46. The van der Waals surface area contributed by atoms with Crippen LogP contribution < -0.4 is 10.1 Å². The van der Waals surface area contributed by atoms with E-state index in [1.807, 2.05) is 17.0 Å². The van der Waals surface area contributed by atoms with Crippen LogP contribution in [0.15, 0.2) is 24.3 Å². The van der Waals surface area contributed by atoms with Crippen LogP contribution in [0.1, 0.15) is 38.2 Å². The normalized spacial score (nSPS) is 15.9. The van der Waals surface area contributed by atoms with Crippen molar-refractivity contribution in [1.82, 2.24) is 10.2 Å². The summed E-state index contributed by atoms with van der Waals surface area (Å²) in [5.41, 5.74) is 1.30. The number of ether oxygens (including phenoxy) is 1. The predicted octanol–water partition coefficient (Wildman–Crippen LogP) is 2.40. The number of amides is 1. The van der Waals surface area contributed by atoms with E-state index in [1.165, 1.54) is 5.56 Å². The Balaban J connectivity index is 1.74. The minimum atomic E-state index is 0.192. The van der Waals surface area contributed by atoms with Gasteiger partial charge in [-0.3, -0.25) is 4.79 Å². The molecule has 21 heavy (non-hydrogen) atoms. The molecule has 1 heterocycles. The van der Waals surface area contributed by atoms with E-state index in [9.17, 15) is 4.79 Å². The van der Waals surface area contributed by atoms with Crippen LogP contribution in [0.2, 0.25) is 0 Å². The van der Waals surface area contributed by atoms with Crippen molar-refractivity contribution in [2.45, 2.75) is 32.6 Å². The van der Waals surface area contributed by atoms with Crippen LogP contribution in [0.4, 0.5) is 0 Å². The Bertz CT molecular complexity index is 435. The maximum absolute atomic E-state index is 12.1. The number of nitrogens with zero attached hydrogens (tertiary/aromatic N) is 1. The van der Waals surface area contributed by atoms with E-state index in [2.05, 4.69) is 31.3 Å². The highest BCUT2D eigenvalue weighted by atomic mass is 16.5. The van der Waals surface area contributed by atoms with Gasteiger partial charge in [0, 0.05) is 19.6 Å². The van der Waals surface area contributed by atoms with Gasteiger partial charge < -0.3 is 15.0 Å². The van der Waals surface area contributed by atoms with E-state index >= 15 is 0 Å². The Morgan fingerprint density at radius 2 is 2.00 bits per heavy atom. The first-order valence-electron chi connectivity index (χ1n) is 7.88. The quantitative estimate of drug-likeness (QED) is 0.905. The summed E-state index contributed by atoms with van der Waals surface area (Å²) in [5.74, 6) is 1.56. The van der Waals surface area contributed by atoms with Crippen LogP contribution in [-0.2, 0) is 4.79 Å². The highest BCUT2D eigenvalue weighted by Gasteiger charge is 2.14. The number of rotatable bonds is 5. The maximum atomic E-state index is 12.1. The molecule has 1 amide bonds. The first kappa shape index (κ1) is 15.8. The zero-order valence-electron chi connectivity index (χ0n) is 13.1. The second kappa shape index (κ2) is 8.03. The molecular weight excluding hydrogens is 264 g/mol. The average Bonchev–Trinajstić information content (AvgIpc) is 2.77. The van der Waals surface area contributed by atoms with E-state index in [-0.39, 0.29) is 5.91 Å². The lowest BCUT2D eigenvalue weighted by molar-refractivity contribution is -0.131. The molecule has 1 saturated heterocycles. The second-order valence-corrected chi connectivity index (χ2v) is 5.81. The topological polar surface area (TPSA) is 41.6 Å². The minimum absolute atomic E-state index is 0.192. The summed E-state index contributed by atoms with van der Waals surface area (Å²) in [6, 6.07) is 8.13. The zero-order valence-corrected chi connectivity index (χ0v) is 13.1. The molecule has 0 aliphatic carbocycles. The van der Waals surface area contributed by atoms with Gasteiger partial charge in [-0.05, 0) is 36.6 Å². The number of nitrogens with one attached hydrogen (secondary N) is 1. The molecule has 0 aromatic heterocycles. The fourth-order valence-corrected chi connectivity index (χ4v) is 2.46. The lowest BCUT2D eigenvalue weighted by Crippen LogP contribution is -2.34. The largest absolute Gasteiger partial charge is 0.493 e. The molecular formula is C17H26N2O2. The number of carbonyl (C=O) groups excluding carboxylic acids is 1. The summed E-state index contributed by atoms with van der Waals surface area (Å²) in [6.07, 6.45) is 1.48. The zero-order chi connectivity index (χ0) is 15.1. The highest BCUT2D eigenvalue weighted by molar-refractivity contribution is 5.76. The number of benzene rings is 1. The average molecular weight is 290 g/mol. The van der Waals surface area contributed by atoms with Gasteiger partial charge in [-0.15, -0.1) is 0 Å². The molecule has 1 N–H and O–H groups in total. The SMILES string of the molecule is CC(C)c1ccc(OCCC(=O)N2CCCNCC2)cc1. The van der Waals surface area contributed by atoms with Gasteiger partial charge in [0.25, 0.3) is 0 Å². The van der Waals surface area contributed by atoms with Crippen molar-refractivity contribution < 1.29 is 9.53 Å². The molecule has 1 aromatic carbocycles. The Morgan fingerprint density at radius 3 is 2.71 bits per heavy atom. The molecule has 0 atom stereocenters. The monoisotopic (exact) mass is 290 g/mol. The Morgan fingerprint density at radius 1 is 1.24 bits per heavy atom. The molecule has 116 valence electrons. The van der Waals surface area contributed by atoms with Gasteiger partial charge in [0.05, 0.1) is 13.0 Å². The van der Waals surface area contributed by atoms with E-state index in [0.29, 0.717) is 18.9 Å². The second-order valence-electron chi connectivity index (χ2n) is 5.81. The fraction of sp³-hybridized carbons (Fsp3) is 0.588. The molecule has 2 rings (SSSR count). The van der Waals surface area contributed by atoms with Crippen LogP contribution in [-0.4, -0.2) is 43.6 Å². The standard InChI is InChI=1S/C17H26N2O2/c1-14(2)15-4-6-16(7-5-15)21-13-8-17(20)19-11-3-9-18-10-12-19/h4-7,14,18H,3,8-13H2,1-2H3. The van der Waals surface area contributed by atoms with Crippen molar-refractivity contribution >= 4 is 5.91 Å². The molecule has 0 unspecified atom stereocenters. The summed E-state index contributed by atoms with van der Waals surface area (Å²) < 4.78 is 5.67. The summed E-state index contributed by atoms with van der Waals surface area (Å²) in [4.78, 5) is 14.0. The third-order valence-electron chi connectivity index (χ3n) is 3.82. The molecule has 4 heteroatoms. The number of hydrogen-bond donors (Lipinski definition) is 1. The Kier molecular flexibility index (Phi) is 6.05. The first-order valence-corrected chi connectivity index (χ1v) is 7.88. The molecule has 4 nitrogen and oxygen atoms in total. The van der Waals surface area contributed by atoms with Gasteiger partial charge in [0.1, 0.15) is 5.75 Å². The van der Waals surface area contributed by atoms with Crippen LogP contribution in [0, 0.1) is 0 Å². The van der Waals surface area contributed by atoms with Crippen molar-refractivity contribution in [3.05, 3.63) is 29.8 Å². The van der Waals surface area contributed by atoms with Crippen molar-refractivity contribution in [2.24, 2.45) is 0 Å². The Hall–Kier alpha value is -1.55. The number of hydrogen-bond acceptors (Lipinski definition) is 3. The molecule has 0 spiro atoms. The lowest BCUT2D eigenvalue weighted by atomic mass is 10.0. The van der Waals surface area contributed by atoms with Crippen molar-refractivity contribution in [3.63, 3.8) is 0 Å². The van der Waals surface area contributed by atoms with Gasteiger partial charge in [0.15, 0.2) is 0 Å². The summed E-state index contributed by atoms with van der Waals surface area (Å²) in [7, 11) is 0. The van der Waals surface area contributed by atoms with Crippen molar-refractivity contribution in [2.75, 3.05) is 32.8 Å². The smallest absolute Gasteiger partial charge is 0.226 e. The third-order valence-corrected chi connectivity index (χ3v) is 3.82. The molecule has 0 radical (unpaired) electrons. The van der Waals surface area contributed by atoms with Crippen LogP contribution >= 0.6 is 0 Å². The van der Waals surface area contributed by atoms with Gasteiger partial charge >= 0.3 is 0 Å². The summed E-state index contributed by atoms with van der Waals surface area (Å²) in [6.45, 7) is 8.35. The van der Waals surface area contributed by atoms with E-state index < -0.39 is 0 Å². The van der Waals surface area contributed by atoms with Gasteiger partial charge in [-0.25, -0.2) is 0 Å². The molecule has 0 saturated carbocycles. The van der Waals surface area contributed by atoms with Crippen LogP contribution in [0.25, 0.3) is 0 Å². The lowest BCUT2D eigenvalue weighted by Gasteiger charge is -2.20. The maximum Gasteiger partial charge on any atom is 0.226 e. The first-order chi connectivity index (χ1) is 10.2. The van der Waals surface area contributed by atoms with Gasteiger partial charge in [-0.2, -0.15) is 0 Å². The van der Waals surface area contributed by atoms with Gasteiger partial charge in [0.2, 0.25) is 5.91 Å². The molecule has 1 aromatic rings. The van der Waals surface area contributed by atoms with Crippen LogP contribution in [0.3, 0.4) is 0 Å². The molecule has 1 aliphatic heterocycles. The Labute approximate surface area is 127 Å². The van der Waals surface area contributed by atoms with E-state index in [4.69, 9.17) is 4.74 Å². The van der Waals surface area contributed by atoms with Crippen molar-refractivity contribution in [1.29, 1.82) is 0 Å². The van der Waals surface area contributed by atoms with E-state index in [0.717, 1.165) is 38.3 Å². The van der Waals surface area contributed by atoms with Gasteiger partial charge in [-0.1, -0.05) is 26.0 Å². The van der Waals surface area contributed by atoms with Crippen molar-refractivity contribution in [3.8, 4) is 5.75 Å². The molecule has 1 aliphatic rings. The third kappa shape index (κ3) is 5.05. The summed E-state index contributed by atoms with van der Waals surface area (Å²) in [5, 5.41) is 3.30. The molecule has 0 bridgehead atoms. The predicted molar refractivity (Wildman–Crippen MR) is 84.7 cm³/mol. The highest BCUT2D eigenvalue weighted by Crippen LogP contribution is 2.18.